The molecule has 0 aliphatic carbocycles. The molecule has 1 heterocycles. The Hall–Kier alpha value is -1.55. The minimum atomic E-state index is -0.459. The van der Waals surface area contributed by atoms with Crippen LogP contribution in [0.2, 0.25) is 0 Å². The van der Waals surface area contributed by atoms with Crippen LogP contribution in [0, 0.1) is 5.92 Å². The number of fused-ring (bicyclic) bond motifs is 1. The van der Waals surface area contributed by atoms with E-state index in [0.717, 1.165) is 36.4 Å². The van der Waals surface area contributed by atoms with E-state index in [0.29, 0.717) is 0 Å². The predicted molar refractivity (Wildman–Crippen MR) is 71.7 cm³/mol. The molecule has 1 aliphatic rings. The topological polar surface area (TPSA) is 64.4 Å². The Morgan fingerprint density at radius 1 is 1.56 bits per heavy atom. The first kappa shape index (κ1) is 12.9. The Bertz CT molecular complexity index is 445. The maximum atomic E-state index is 11.9. The number of hydrogen-bond donors (Lipinski definition) is 2. The van der Waals surface area contributed by atoms with E-state index in [-0.39, 0.29) is 11.8 Å². The Kier molecular flexibility index (Phi) is 3.87. The van der Waals surface area contributed by atoms with E-state index in [2.05, 4.69) is 5.32 Å². The van der Waals surface area contributed by atoms with Crippen molar-refractivity contribution >= 4 is 11.6 Å². The number of hydrogen-bond acceptors (Lipinski definition) is 3. The van der Waals surface area contributed by atoms with Gasteiger partial charge < -0.3 is 15.8 Å². The van der Waals surface area contributed by atoms with Crippen LogP contribution in [0.4, 0.5) is 5.69 Å². The summed E-state index contributed by atoms with van der Waals surface area (Å²) in [6, 6.07) is 5.25. The quantitative estimate of drug-likeness (QED) is 0.855. The lowest BCUT2D eigenvalue weighted by atomic mass is 9.99. The number of ether oxygens (including phenoxy) is 1. The maximum absolute atomic E-state index is 11.9. The second kappa shape index (κ2) is 5.40. The van der Waals surface area contributed by atoms with Gasteiger partial charge in [0.2, 0.25) is 5.91 Å². The van der Waals surface area contributed by atoms with Crippen LogP contribution in [0.25, 0.3) is 0 Å². The molecule has 1 amide bonds. The van der Waals surface area contributed by atoms with Crippen molar-refractivity contribution in [1.29, 1.82) is 0 Å². The van der Waals surface area contributed by atoms with E-state index >= 15 is 0 Å². The average molecular weight is 248 g/mol. The zero-order valence-corrected chi connectivity index (χ0v) is 10.9. The molecular weight excluding hydrogens is 228 g/mol. The number of benzene rings is 1. The zero-order chi connectivity index (χ0) is 13.1. The van der Waals surface area contributed by atoms with Crippen LogP contribution >= 0.6 is 0 Å². The molecule has 2 rings (SSSR count). The summed E-state index contributed by atoms with van der Waals surface area (Å²) < 4.78 is 5.42. The smallest absolute Gasteiger partial charge is 0.241 e. The molecule has 4 nitrogen and oxygen atoms in total. The van der Waals surface area contributed by atoms with E-state index < -0.39 is 6.04 Å². The molecule has 0 bridgehead atoms. The van der Waals surface area contributed by atoms with Crippen LogP contribution in [0.5, 0.6) is 5.75 Å². The highest BCUT2D eigenvalue weighted by atomic mass is 16.5. The Balaban J connectivity index is 2.03. The Labute approximate surface area is 108 Å². The number of nitrogens with one attached hydrogen (secondary N) is 1. The highest BCUT2D eigenvalue weighted by Crippen LogP contribution is 2.27. The fraction of sp³-hybridized carbons (Fsp3) is 0.500. The van der Waals surface area contributed by atoms with E-state index in [1.165, 1.54) is 0 Å². The predicted octanol–water partition coefficient (Wildman–Crippen LogP) is 1.93. The molecule has 3 N–H and O–H groups in total. The first-order valence-electron chi connectivity index (χ1n) is 6.44. The standard InChI is InChI=1S/C14H20N2O2/c1-3-9(2)13(15)14(17)16-11-4-5-12-10(8-11)6-7-18-12/h4-5,8-9,13H,3,6-7,15H2,1-2H3,(H,16,17)/t9-,13-/m0/s1. The highest BCUT2D eigenvalue weighted by Gasteiger charge is 2.20. The number of anilines is 1. The van der Waals surface area contributed by atoms with Crippen molar-refractivity contribution in [2.24, 2.45) is 11.7 Å². The molecule has 0 fully saturated rings. The molecule has 0 spiro atoms. The van der Waals surface area contributed by atoms with Crippen molar-refractivity contribution in [2.75, 3.05) is 11.9 Å². The first-order valence-corrected chi connectivity index (χ1v) is 6.44. The van der Waals surface area contributed by atoms with E-state index in [9.17, 15) is 4.79 Å². The zero-order valence-electron chi connectivity index (χ0n) is 10.9. The second-order valence-electron chi connectivity index (χ2n) is 4.82. The summed E-state index contributed by atoms with van der Waals surface area (Å²) in [5.74, 6) is 0.977. The van der Waals surface area contributed by atoms with Crippen molar-refractivity contribution in [3.8, 4) is 5.75 Å². The molecule has 0 aromatic heterocycles. The molecule has 18 heavy (non-hydrogen) atoms. The van der Waals surface area contributed by atoms with E-state index in [1.807, 2.05) is 32.0 Å². The van der Waals surface area contributed by atoms with Gasteiger partial charge in [-0.2, -0.15) is 0 Å². The largest absolute Gasteiger partial charge is 0.493 e. The number of nitrogens with two attached hydrogens (primary N) is 1. The molecule has 4 heteroatoms. The second-order valence-corrected chi connectivity index (χ2v) is 4.82. The van der Waals surface area contributed by atoms with Crippen LogP contribution in [0.15, 0.2) is 18.2 Å². The summed E-state index contributed by atoms with van der Waals surface area (Å²) in [5, 5.41) is 2.87. The summed E-state index contributed by atoms with van der Waals surface area (Å²) in [5.41, 5.74) is 7.83. The molecule has 0 radical (unpaired) electrons. The molecule has 0 saturated carbocycles. The lowest BCUT2D eigenvalue weighted by Gasteiger charge is -2.17. The molecule has 1 aliphatic heterocycles. The third-order valence-electron chi connectivity index (χ3n) is 3.52. The molecule has 1 aromatic carbocycles. The van der Waals surface area contributed by atoms with Gasteiger partial charge in [-0.05, 0) is 29.7 Å². The summed E-state index contributed by atoms with van der Waals surface area (Å²) in [6.45, 7) is 4.74. The van der Waals surface area contributed by atoms with E-state index in [1.54, 1.807) is 0 Å². The van der Waals surface area contributed by atoms with Crippen LogP contribution in [0.1, 0.15) is 25.8 Å². The molecule has 0 unspecified atom stereocenters. The van der Waals surface area contributed by atoms with Gasteiger partial charge in [0.15, 0.2) is 0 Å². The lowest BCUT2D eigenvalue weighted by Crippen LogP contribution is -2.40. The molecule has 2 atom stereocenters. The van der Waals surface area contributed by atoms with Gasteiger partial charge in [-0.3, -0.25) is 4.79 Å². The highest BCUT2D eigenvalue weighted by molar-refractivity contribution is 5.95. The van der Waals surface area contributed by atoms with Crippen molar-refractivity contribution in [1.82, 2.24) is 0 Å². The van der Waals surface area contributed by atoms with Gasteiger partial charge in [-0.15, -0.1) is 0 Å². The van der Waals surface area contributed by atoms with Gasteiger partial charge in [0.1, 0.15) is 5.75 Å². The monoisotopic (exact) mass is 248 g/mol. The van der Waals surface area contributed by atoms with Gasteiger partial charge in [-0.1, -0.05) is 20.3 Å². The van der Waals surface area contributed by atoms with Gasteiger partial charge in [0, 0.05) is 12.1 Å². The van der Waals surface area contributed by atoms with Crippen molar-refractivity contribution in [3.63, 3.8) is 0 Å². The fourth-order valence-electron chi connectivity index (χ4n) is 2.00. The van der Waals surface area contributed by atoms with E-state index in [4.69, 9.17) is 10.5 Å². The number of amides is 1. The lowest BCUT2D eigenvalue weighted by molar-refractivity contribution is -0.118. The van der Waals surface area contributed by atoms with Crippen molar-refractivity contribution in [2.45, 2.75) is 32.7 Å². The van der Waals surface area contributed by atoms with Crippen LogP contribution in [-0.4, -0.2) is 18.6 Å². The summed E-state index contributed by atoms with van der Waals surface area (Å²) in [7, 11) is 0. The normalized spacial score (nSPS) is 16.6. The summed E-state index contributed by atoms with van der Waals surface area (Å²) >= 11 is 0. The SMILES string of the molecule is CC[C@H](C)[C@H](N)C(=O)Nc1ccc2c(c1)CCO2. The van der Waals surface area contributed by atoms with Gasteiger partial charge in [0.05, 0.1) is 12.6 Å². The van der Waals surface area contributed by atoms with Gasteiger partial charge in [-0.25, -0.2) is 0 Å². The molecule has 98 valence electrons. The summed E-state index contributed by atoms with van der Waals surface area (Å²) in [6.07, 6.45) is 1.79. The molecule has 1 aromatic rings. The fourth-order valence-corrected chi connectivity index (χ4v) is 2.00. The van der Waals surface area contributed by atoms with Crippen molar-refractivity contribution < 1.29 is 9.53 Å². The number of rotatable bonds is 4. The Morgan fingerprint density at radius 2 is 2.33 bits per heavy atom. The minimum absolute atomic E-state index is 0.122. The number of carbonyl (C=O) groups is 1. The maximum Gasteiger partial charge on any atom is 0.241 e. The molecule has 0 saturated heterocycles. The van der Waals surface area contributed by atoms with Gasteiger partial charge in [0.25, 0.3) is 0 Å². The molecular formula is C14H20N2O2. The Morgan fingerprint density at radius 3 is 3.06 bits per heavy atom. The first-order chi connectivity index (χ1) is 8.61. The van der Waals surface area contributed by atoms with Crippen LogP contribution < -0.4 is 15.8 Å². The number of carbonyl (C=O) groups excluding carboxylic acids is 1. The average Bonchev–Trinajstić information content (AvgIpc) is 2.84. The third-order valence-corrected chi connectivity index (χ3v) is 3.52. The van der Waals surface area contributed by atoms with Gasteiger partial charge >= 0.3 is 0 Å². The van der Waals surface area contributed by atoms with Crippen LogP contribution in [-0.2, 0) is 11.2 Å². The minimum Gasteiger partial charge on any atom is -0.493 e. The third kappa shape index (κ3) is 2.64. The van der Waals surface area contributed by atoms with Crippen molar-refractivity contribution in [3.05, 3.63) is 23.8 Å². The summed E-state index contributed by atoms with van der Waals surface area (Å²) in [4.78, 5) is 11.9. The van der Waals surface area contributed by atoms with Crippen LogP contribution in [0.3, 0.4) is 0 Å².